The van der Waals surface area contributed by atoms with Crippen LogP contribution in [-0.4, -0.2) is 24.1 Å². The quantitative estimate of drug-likeness (QED) is 0.932. The molecule has 4 nitrogen and oxygen atoms in total. The van der Waals surface area contributed by atoms with Crippen LogP contribution < -0.4 is 10.2 Å². The normalized spacial score (nSPS) is 10.3. The first-order valence-electron chi connectivity index (χ1n) is 6.05. The SMILES string of the molecule is Cc1nccc(CNc2cc(Cl)ccc2N(C)C)n1. The summed E-state index contributed by atoms with van der Waals surface area (Å²) in [5, 5.41) is 4.08. The predicted molar refractivity (Wildman–Crippen MR) is 79.9 cm³/mol. The number of nitrogens with one attached hydrogen (secondary N) is 1. The van der Waals surface area contributed by atoms with E-state index in [-0.39, 0.29) is 0 Å². The van der Waals surface area contributed by atoms with Crippen molar-refractivity contribution in [3.05, 3.63) is 47.0 Å². The first-order chi connectivity index (χ1) is 9.06. The number of halogens is 1. The predicted octanol–water partition coefficient (Wildman–Crippen LogP) is 3.12. The van der Waals surface area contributed by atoms with E-state index in [0.717, 1.165) is 22.9 Å². The van der Waals surface area contributed by atoms with Crippen molar-refractivity contribution in [1.29, 1.82) is 0 Å². The van der Waals surface area contributed by atoms with Crippen molar-refractivity contribution in [2.75, 3.05) is 24.3 Å². The Kier molecular flexibility index (Phi) is 4.22. The third kappa shape index (κ3) is 3.58. The Labute approximate surface area is 118 Å². The molecule has 0 radical (unpaired) electrons. The van der Waals surface area contributed by atoms with Crippen LogP contribution in [0.25, 0.3) is 0 Å². The Morgan fingerprint density at radius 1 is 1.26 bits per heavy atom. The fraction of sp³-hybridized carbons (Fsp3) is 0.286. The summed E-state index contributed by atoms with van der Waals surface area (Å²) in [5.74, 6) is 0.776. The zero-order chi connectivity index (χ0) is 13.8. The van der Waals surface area contributed by atoms with E-state index in [9.17, 15) is 0 Å². The van der Waals surface area contributed by atoms with Crippen LogP contribution in [0.5, 0.6) is 0 Å². The summed E-state index contributed by atoms with van der Waals surface area (Å²) in [6.45, 7) is 2.53. The van der Waals surface area contributed by atoms with Crippen LogP contribution in [-0.2, 0) is 6.54 Å². The van der Waals surface area contributed by atoms with Crippen molar-refractivity contribution < 1.29 is 0 Å². The molecule has 1 aromatic heterocycles. The highest BCUT2D eigenvalue weighted by atomic mass is 35.5. The number of benzene rings is 1. The van der Waals surface area contributed by atoms with Crippen molar-refractivity contribution >= 4 is 23.0 Å². The molecule has 0 aliphatic rings. The fourth-order valence-electron chi connectivity index (χ4n) is 1.83. The van der Waals surface area contributed by atoms with Gasteiger partial charge >= 0.3 is 0 Å². The smallest absolute Gasteiger partial charge is 0.125 e. The molecule has 2 aromatic rings. The molecule has 0 unspecified atom stereocenters. The maximum Gasteiger partial charge on any atom is 0.125 e. The summed E-state index contributed by atoms with van der Waals surface area (Å²) < 4.78 is 0. The topological polar surface area (TPSA) is 41.1 Å². The molecule has 0 amide bonds. The minimum absolute atomic E-state index is 0.643. The molecular formula is C14H17ClN4. The van der Waals surface area contributed by atoms with Crippen molar-refractivity contribution in [3.8, 4) is 0 Å². The van der Waals surface area contributed by atoms with Gasteiger partial charge in [-0.05, 0) is 31.2 Å². The lowest BCUT2D eigenvalue weighted by atomic mass is 10.2. The van der Waals surface area contributed by atoms with E-state index in [1.54, 1.807) is 6.20 Å². The van der Waals surface area contributed by atoms with Gasteiger partial charge in [0.15, 0.2) is 0 Å². The lowest BCUT2D eigenvalue weighted by Gasteiger charge is -2.18. The molecular weight excluding hydrogens is 260 g/mol. The second kappa shape index (κ2) is 5.89. The van der Waals surface area contributed by atoms with Gasteiger partial charge in [0, 0.05) is 25.3 Å². The first-order valence-corrected chi connectivity index (χ1v) is 6.43. The van der Waals surface area contributed by atoms with Crippen LogP contribution in [0.3, 0.4) is 0 Å². The summed E-state index contributed by atoms with van der Waals surface area (Å²) in [7, 11) is 4.01. The lowest BCUT2D eigenvalue weighted by molar-refractivity contribution is 0.954. The maximum atomic E-state index is 6.04. The molecule has 0 saturated heterocycles. The van der Waals surface area contributed by atoms with Gasteiger partial charge in [0.05, 0.1) is 23.6 Å². The zero-order valence-electron chi connectivity index (χ0n) is 11.3. The summed E-state index contributed by atoms with van der Waals surface area (Å²) in [6.07, 6.45) is 1.77. The highest BCUT2D eigenvalue weighted by molar-refractivity contribution is 6.31. The number of nitrogens with zero attached hydrogens (tertiary/aromatic N) is 3. The largest absolute Gasteiger partial charge is 0.378 e. The van der Waals surface area contributed by atoms with Crippen LogP contribution in [0.15, 0.2) is 30.5 Å². The number of aromatic nitrogens is 2. The highest BCUT2D eigenvalue weighted by Gasteiger charge is 2.05. The minimum atomic E-state index is 0.643. The highest BCUT2D eigenvalue weighted by Crippen LogP contribution is 2.28. The van der Waals surface area contributed by atoms with Crippen LogP contribution in [0, 0.1) is 6.92 Å². The Balaban J connectivity index is 2.17. The second-order valence-electron chi connectivity index (χ2n) is 4.50. The number of rotatable bonds is 4. The molecule has 19 heavy (non-hydrogen) atoms. The fourth-order valence-corrected chi connectivity index (χ4v) is 2.00. The molecule has 0 spiro atoms. The summed E-state index contributed by atoms with van der Waals surface area (Å²) >= 11 is 6.04. The van der Waals surface area contributed by atoms with Crippen LogP contribution >= 0.6 is 11.6 Å². The number of hydrogen-bond donors (Lipinski definition) is 1. The zero-order valence-corrected chi connectivity index (χ0v) is 12.1. The maximum absolute atomic E-state index is 6.04. The number of aryl methyl sites for hydroxylation is 1. The molecule has 0 atom stereocenters. The number of hydrogen-bond acceptors (Lipinski definition) is 4. The Morgan fingerprint density at radius 2 is 2.05 bits per heavy atom. The van der Waals surface area contributed by atoms with E-state index in [4.69, 9.17) is 11.6 Å². The van der Waals surface area contributed by atoms with Gasteiger partial charge in [0.1, 0.15) is 5.82 Å². The first kappa shape index (κ1) is 13.6. The molecule has 0 aliphatic heterocycles. The molecule has 1 heterocycles. The van der Waals surface area contributed by atoms with Crippen molar-refractivity contribution in [2.24, 2.45) is 0 Å². The monoisotopic (exact) mass is 276 g/mol. The molecule has 0 aliphatic carbocycles. The van der Waals surface area contributed by atoms with E-state index in [1.807, 2.05) is 50.2 Å². The van der Waals surface area contributed by atoms with Crippen molar-refractivity contribution in [1.82, 2.24) is 9.97 Å². The molecule has 0 saturated carbocycles. The average molecular weight is 277 g/mol. The number of anilines is 2. The molecule has 1 aromatic carbocycles. The molecule has 1 N–H and O–H groups in total. The molecule has 0 fully saturated rings. The van der Waals surface area contributed by atoms with Crippen LogP contribution in [0.4, 0.5) is 11.4 Å². The Morgan fingerprint density at radius 3 is 2.74 bits per heavy atom. The Hall–Kier alpha value is -1.81. The van der Waals surface area contributed by atoms with Gasteiger partial charge in [-0.2, -0.15) is 0 Å². The average Bonchev–Trinajstić information content (AvgIpc) is 2.36. The van der Waals surface area contributed by atoms with Gasteiger partial charge in [-0.15, -0.1) is 0 Å². The minimum Gasteiger partial charge on any atom is -0.378 e. The second-order valence-corrected chi connectivity index (χ2v) is 4.94. The third-order valence-electron chi connectivity index (χ3n) is 2.73. The molecule has 100 valence electrons. The van der Waals surface area contributed by atoms with E-state index < -0.39 is 0 Å². The van der Waals surface area contributed by atoms with Gasteiger partial charge in [-0.1, -0.05) is 11.6 Å². The Bertz CT molecular complexity index is 569. The standard InChI is InChI=1S/C14H17ClN4/c1-10-16-7-6-12(18-10)9-17-13-8-11(15)4-5-14(13)19(2)3/h4-8,17H,9H2,1-3H3. The van der Waals surface area contributed by atoms with Crippen LogP contribution in [0.1, 0.15) is 11.5 Å². The van der Waals surface area contributed by atoms with Gasteiger partial charge < -0.3 is 10.2 Å². The van der Waals surface area contributed by atoms with Gasteiger partial charge in [-0.25, -0.2) is 9.97 Å². The van der Waals surface area contributed by atoms with E-state index in [1.165, 1.54) is 0 Å². The summed E-state index contributed by atoms with van der Waals surface area (Å²) in [5.41, 5.74) is 3.04. The van der Waals surface area contributed by atoms with E-state index in [2.05, 4.69) is 15.3 Å². The summed E-state index contributed by atoms with van der Waals surface area (Å²) in [4.78, 5) is 10.5. The summed E-state index contributed by atoms with van der Waals surface area (Å²) in [6, 6.07) is 7.71. The van der Waals surface area contributed by atoms with E-state index >= 15 is 0 Å². The van der Waals surface area contributed by atoms with Gasteiger partial charge in [0.25, 0.3) is 0 Å². The van der Waals surface area contributed by atoms with Crippen molar-refractivity contribution in [2.45, 2.75) is 13.5 Å². The lowest BCUT2D eigenvalue weighted by Crippen LogP contribution is -2.12. The molecule has 2 rings (SSSR count). The van der Waals surface area contributed by atoms with Crippen molar-refractivity contribution in [3.63, 3.8) is 0 Å². The van der Waals surface area contributed by atoms with Crippen LogP contribution in [0.2, 0.25) is 5.02 Å². The van der Waals surface area contributed by atoms with Gasteiger partial charge in [0.2, 0.25) is 0 Å². The van der Waals surface area contributed by atoms with E-state index in [0.29, 0.717) is 11.6 Å². The molecule has 0 bridgehead atoms. The molecule has 5 heteroatoms. The van der Waals surface area contributed by atoms with Gasteiger partial charge in [-0.3, -0.25) is 0 Å². The third-order valence-corrected chi connectivity index (χ3v) is 2.97.